The van der Waals surface area contributed by atoms with Gasteiger partial charge in [0.25, 0.3) is 0 Å². The van der Waals surface area contributed by atoms with Crippen molar-refractivity contribution in [2.75, 3.05) is 26.4 Å². The molecule has 0 spiro atoms. The van der Waals surface area contributed by atoms with Crippen molar-refractivity contribution in [2.24, 2.45) is 0 Å². The smallest absolute Gasteiger partial charge is 0.329 e. The van der Waals surface area contributed by atoms with Gasteiger partial charge >= 0.3 is 5.97 Å². The van der Waals surface area contributed by atoms with Gasteiger partial charge in [-0.05, 0) is 19.3 Å². The Hall–Kier alpha value is -0.870. The molecule has 4 heteroatoms. The molecule has 124 valence electrons. The van der Waals surface area contributed by atoms with Crippen LogP contribution in [0.1, 0.15) is 64.2 Å². The summed E-state index contributed by atoms with van der Waals surface area (Å²) >= 11 is 0. The third-order valence-corrected chi connectivity index (χ3v) is 3.29. The molecule has 0 rings (SSSR count). The normalized spacial score (nSPS) is 10.7. The quantitative estimate of drug-likeness (QED) is 0.323. The molecule has 0 saturated carbocycles. The van der Waals surface area contributed by atoms with Crippen LogP contribution in [0, 0.1) is 0 Å². The van der Waals surface area contributed by atoms with Crippen molar-refractivity contribution in [1.82, 2.24) is 0 Å². The first-order valence-electron chi connectivity index (χ1n) is 8.25. The van der Waals surface area contributed by atoms with E-state index in [0.29, 0.717) is 13.2 Å². The Bertz CT molecular complexity index is 241. The monoisotopic (exact) mass is 300 g/mol. The van der Waals surface area contributed by atoms with Gasteiger partial charge in [-0.3, -0.25) is 0 Å². The number of carbonyl (C=O) groups is 1. The number of carboxylic acids is 1. The zero-order chi connectivity index (χ0) is 15.6. The molecule has 0 heterocycles. The van der Waals surface area contributed by atoms with E-state index < -0.39 is 5.97 Å². The molecule has 0 bridgehead atoms. The van der Waals surface area contributed by atoms with Crippen LogP contribution < -0.4 is 0 Å². The molecule has 0 unspecified atom stereocenters. The summed E-state index contributed by atoms with van der Waals surface area (Å²) in [5.74, 6) is -0.935. The Balaban J connectivity index is 2.96. The molecule has 0 fully saturated rings. The van der Waals surface area contributed by atoms with E-state index in [9.17, 15) is 4.79 Å². The van der Waals surface area contributed by atoms with Crippen molar-refractivity contribution < 1.29 is 19.4 Å². The van der Waals surface area contributed by atoms with Gasteiger partial charge in [0.15, 0.2) is 0 Å². The van der Waals surface area contributed by atoms with E-state index in [0.717, 1.165) is 19.4 Å². The average molecular weight is 300 g/mol. The Labute approximate surface area is 129 Å². The maximum absolute atomic E-state index is 10.2. The lowest BCUT2D eigenvalue weighted by molar-refractivity contribution is -0.142. The molecule has 0 aromatic carbocycles. The lowest BCUT2D eigenvalue weighted by atomic mass is 10.1. The molecule has 0 atom stereocenters. The number of hydrogen-bond acceptors (Lipinski definition) is 3. The molecule has 0 aromatic heterocycles. The van der Waals surface area contributed by atoms with Gasteiger partial charge in [-0.25, -0.2) is 4.79 Å². The van der Waals surface area contributed by atoms with Crippen molar-refractivity contribution in [3.63, 3.8) is 0 Å². The number of unbranched alkanes of at least 4 members (excludes halogenated alkanes) is 9. The van der Waals surface area contributed by atoms with Crippen molar-refractivity contribution >= 4 is 5.97 Å². The summed E-state index contributed by atoms with van der Waals surface area (Å²) in [6.07, 6.45) is 14.7. The summed E-state index contributed by atoms with van der Waals surface area (Å²) < 4.78 is 10.2. The second-order valence-corrected chi connectivity index (χ2v) is 5.32. The molecular formula is C17H32O4. The van der Waals surface area contributed by atoms with Crippen LogP contribution in [-0.4, -0.2) is 37.5 Å². The fraction of sp³-hybridized carbons (Fsp3) is 0.824. The lowest BCUT2D eigenvalue weighted by Crippen LogP contribution is -2.11. The highest BCUT2D eigenvalue weighted by Crippen LogP contribution is 2.10. The van der Waals surface area contributed by atoms with Gasteiger partial charge in [0.05, 0.1) is 13.2 Å². The zero-order valence-corrected chi connectivity index (χ0v) is 13.4. The minimum absolute atomic E-state index is 0.239. The Morgan fingerprint density at radius 3 is 1.90 bits per heavy atom. The summed E-state index contributed by atoms with van der Waals surface area (Å²) in [5.41, 5.74) is 0. The van der Waals surface area contributed by atoms with E-state index >= 15 is 0 Å². The predicted octanol–water partition coefficient (Wildman–Crippen LogP) is 4.19. The van der Waals surface area contributed by atoms with Gasteiger partial charge in [0, 0.05) is 6.61 Å². The minimum atomic E-state index is -0.935. The number of ether oxygens (including phenoxy) is 2. The predicted molar refractivity (Wildman–Crippen MR) is 85.6 cm³/mol. The maximum Gasteiger partial charge on any atom is 0.329 e. The van der Waals surface area contributed by atoms with Gasteiger partial charge < -0.3 is 14.6 Å². The highest BCUT2D eigenvalue weighted by atomic mass is 16.5. The van der Waals surface area contributed by atoms with Crippen molar-refractivity contribution in [3.05, 3.63) is 12.7 Å². The fourth-order valence-corrected chi connectivity index (χ4v) is 2.11. The van der Waals surface area contributed by atoms with Crippen molar-refractivity contribution in [2.45, 2.75) is 64.2 Å². The van der Waals surface area contributed by atoms with Gasteiger partial charge in [-0.15, -0.1) is 6.58 Å². The lowest BCUT2D eigenvalue weighted by Gasteiger charge is -2.05. The van der Waals surface area contributed by atoms with Crippen LogP contribution in [0.25, 0.3) is 0 Å². The number of allylic oxidation sites excluding steroid dienone is 1. The average Bonchev–Trinajstić information content (AvgIpc) is 2.46. The van der Waals surface area contributed by atoms with E-state index in [1.54, 1.807) is 0 Å². The van der Waals surface area contributed by atoms with Crippen LogP contribution in [0.15, 0.2) is 12.7 Å². The molecule has 0 amide bonds. The highest BCUT2D eigenvalue weighted by molar-refractivity contribution is 5.67. The maximum atomic E-state index is 10.2. The summed E-state index contributed by atoms with van der Waals surface area (Å²) in [4.78, 5) is 10.2. The van der Waals surface area contributed by atoms with Crippen LogP contribution >= 0.6 is 0 Å². The largest absolute Gasteiger partial charge is 0.480 e. The van der Waals surface area contributed by atoms with Gasteiger partial charge in [0.1, 0.15) is 6.61 Å². The summed E-state index contributed by atoms with van der Waals surface area (Å²) in [6.45, 7) is 5.08. The first-order valence-corrected chi connectivity index (χ1v) is 8.25. The second-order valence-electron chi connectivity index (χ2n) is 5.32. The molecule has 0 aliphatic rings. The molecule has 0 aliphatic carbocycles. The Morgan fingerprint density at radius 2 is 1.33 bits per heavy atom. The molecule has 4 nitrogen and oxygen atoms in total. The highest BCUT2D eigenvalue weighted by Gasteiger charge is 1.96. The molecule has 0 saturated heterocycles. The van der Waals surface area contributed by atoms with Crippen molar-refractivity contribution in [1.29, 1.82) is 0 Å². The number of rotatable bonds is 17. The van der Waals surface area contributed by atoms with Gasteiger partial charge in [-0.2, -0.15) is 0 Å². The summed E-state index contributed by atoms with van der Waals surface area (Å²) in [5, 5.41) is 8.36. The zero-order valence-electron chi connectivity index (χ0n) is 13.4. The van der Waals surface area contributed by atoms with E-state index in [4.69, 9.17) is 14.6 Å². The van der Waals surface area contributed by atoms with E-state index in [2.05, 4.69) is 6.58 Å². The van der Waals surface area contributed by atoms with E-state index in [-0.39, 0.29) is 6.61 Å². The van der Waals surface area contributed by atoms with Crippen LogP contribution in [0.5, 0.6) is 0 Å². The van der Waals surface area contributed by atoms with Crippen LogP contribution in [0.4, 0.5) is 0 Å². The molecule has 0 radical (unpaired) electrons. The molecule has 21 heavy (non-hydrogen) atoms. The molecule has 0 aliphatic heterocycles. The second kappa shape index (κ2) is 17.2. The topological polar surface area (TPSA) is 55.8 Å². The number of carboxylic acid groups (broad SMARTS) is 1. The SMILES string of the molecule is C=CCCCCCCCCCCCOCCOCC(=O)O. The fourth-order valence-electron chi connectivity index (χ4n) is 2.11. The number of aliphatic carboxylic acids is 1. The number of hydrogen-bond donors (Lipinski definition) is 1. The van der Waals surface area contributed by atoms with E-state index in [1.807, 2.05) is 6.08 Å². The molecule has 0 aromatic rings. The van der Waals surface area contributed by atoms with Gasteiger partial charge in [0.2, 0.25) is 0 Å². The summed E-state index contributed by atoms with van der Waals surface area (Å²) in [6, 6.07) is 0. The molecular weight excluding hydrogens is 268 g/mol. The third-order valence-electron chi connectivity index (χ3n) is 3.29. The first kappa shape index (κ1) is 20.1. The molecule has 1 N–H and O–H groups in total. The summed E-state index contributed by atoms with van der Waals surface area (Å²) in [7, 11) is 0. The van der Waals surface area contributed by atoms with Gasteiger partial charge in [-0.1, -0.05) is 51.0 Å². The Morgan fingerprint density at radius 1 is 0.810 bits per heavy atom. The van der Waals surface area contributed by atoms with Crippen LogP contribution in [0.2, 0.25) is 0 Å². The standard InChI is InChI=1S/C17H32O4/c1-2-3-4-5-6-7-8-9-10-11-12-13-20-14-15-21-16-17(18)19/h2H,1,3-16H2,(H,18,19). The van der Waals surface area contributed by atoms with Crippen LogP contribution in [-0.2, 0) is 14.3 Å². The Kier molecular flexibility index (Phi) is 16.5. The van der Waals surface area contributed by atoms with Crippen molar-refractivity contribution in [3.8, 4) is 0 Å². The first-order chi connectivity index (χ1) is 10.3. The van der Waals surface area contributed by atoms with E-state index in [1.165, 1.54) is 51.4 Å². The minimum Gasteiger partial charge on any atom is -0.480 e. The third kappa shape index (κ3) is 19.1. The van der Waals surface area contributed by atoms with Crippen LogP contribution in [0.3, 0.4) is 0 Å².